The summed E-state index contributed by atoms with van der Waals surface area (Å²) in [5, 5.41) is 3.97. The molecule has 7 heteroatoms. The molecule has 0 N–H and O–H groups in total. The molecule has 1 atom stereocenters. The lowest BCUT2D eigenvalue weighted by Crippen LogP contribution is -2.49. The van der Waals surface area contributed by atoms with E-state index in [0.29, 0.717) is 24.0 Å². The van der Waals surface area contributed by atoms with Crippen LogP contribution >= 0.6 is 0 Å². The highest BCUT2D eigenvalue weighted by molar-refractivity contribution is 5.82. The molecule has 4 rings (SSSR count). The molecule has 2 aromatic rings. The van der Waals surface area contributed by atoms with Crippen LogP contribution in [-0.4, -0.2) is 51.5 Å². The standard InChI is InChI=1S/C17H22N4O3/c22-17(20-8-3-4-9-20)13-6-1-2-10-21(13)12-15-18-16(19-24-15)14-7-5-11-23-14/h5,7,11,13H,1-4,6,8-10,12H2/t13-/m1/s1. The second-order valence-electron chi connectivity index (χ2n) is 6.50. The second kappa shape index (κ2) is 6.76. The summed E-state index contributed by atoms with van der Waals surface area (Å²) in [7, 11) is 0. The number of carbonyl (C=O) groups is 1. The van der Waals surface area contributed by atoms with Gasteiger partial charge >= 0.3 is 0 Å². The maximum Gasteiger partial charge on any atom is 0.241 e. The molecule has 128 valence electrons. The minimum absolute atomic E-state index is 0.0594. The molecule has 0 aromatic carbocycles. The van der Waals surface area contributed by atoms with Gasteiger partial charge in [-0.3, -0.25) is 9.69 Å². The molecule has 0 aliphatic carbocycles. The molecular weight excluding hydrogens is 308 g/mol. The molecule has 0 spiro atoms. The number of hydrogen-bond donors (Lipinski definition) is 0. The third-order valence-corrected chi connectivity index (χ3v) is 4.86. The third kappa shape index (κ3) is 3.08. The zero-order chi connectivity index (χ0) is 16.4. The van der Waals surface area contributed by atoms with E-state index in [2.05, 4.69) is 15.0 Å². The molecule has 2 fully saturated rings. The third-order valence-electron chi connectivity index (χ3n) is 4.86. The van der Waals surface area contributed by atoms with Crippen molar-refractivity contribution in [2.24, 2.45) is 0 Å². The maximum atomic E-state index is 12.8. The highest BCUT2D eigenvalue weighted by Crippen LogP contribution is 2.23. The lowest BCUT2D eigenvalue weighted by atomic mass is 10.0. The number of piperidine rings is 1. The lowest BCUT2D eigenvalue weighted by molar-refractivity contribution is -0.137. The van der Waals surface area contributed by atoms with Crippen molar-refractivity contribution in [3.63, 3.8) is 0 Å². The van der Waals surface area contributed by atoms with Gasteiger partial charge in [0.05, 0.1) is 18.8 Å². The SMILES string of the molecule is O=C([C@H]1CCCCN1Cc1nc(-c2ccco2)no1)N1CCCC1. The molecule has 0 unspecified atom stereocenters. The Labute approximate surface area is 140 Å². The Balaban J connectivity index is 1.46. The number of rotatable bonds is 4. The fourth-order valence-corrected chi connectivity index (χ4v) is 3.61. The number of hydrogen-bond acceptors (Lipinski definition) is 6. The van der Waals surface area contributed by atoms with Gasteiger partial charge in [-0.15, -0.1) is 0 Å². The molecule has 24 heavy (non-hydrogen) atoms. The first-order valence-corrected chi connectivity index (χ1v) is 8.70. The highest BCUT2D eigenvalue weighted by atomic mass is 16.5. The Morgan fingerprint density at radius 1 is 1.21 bits per heavy atom. The number of nitrogens with zero attached hydrogens (tertiary/aromatic N) is 4. The molecule has 2 aliphatic heterocycles. The van der Waals surface area contributed by atoms with E-state index >= 15 is 0 Å². The van der Waals surface area contributed by atoms with E-state index in [-0.39, 0.29) is 11.9 Å². The Hall–Kier alpha value is -2.15. The molecule has 2 saturated heterocycles. The van der Waals surface area contributed by atoms with Gasteiger partial charge in [0.15, 0.2) is 5.76 Å². The Morgan fingerprint density at radius 2 is 2.04 bits per heavy atom. The first kappa shape index (κ1) is 15.4. The summed E-state index contributed by atoms with van der Waals surface area (Å²) >= 11 is 0. The topological polar surface area (TPSA) is 75.6 Å². The Kier molecular flexibility index (Phi) is 4.34. The van der Waals surface area contributed by atoms with E-state index in [1.165, 1.54) is 0 Å². The number of carbonyl (C=O) groups excluding carboxylic acids is 1. The summed E-state index contributed by atoms with van der Waals surface area (Å²) in [5.41, 5.74) is 0. The van der Waals surface area contributed by atoms with Crippen LogP contribution in [0.1, 0.15) is 38.0 Å². The van der Waals surface area contributed by atoms with E-state index in [1.54, 1.807) is 18.4 Å². The summed E-state index contributed by atoms with van der Waals surface area (Å²) in [6.45, 7) is 3.19. The largest absolute Gasteiger partial charge is 0.461 e. The molecule has 2 aromatic heterocycles. The van der Waals surface area contributed by atoms with Gasteiger partial charge in [0.25, 0.3) is 0 Å². The smallest absolute Gasteiger partial charge is 0.241 e. The van der Waals surface area contributed by atoms with Crippen molar-refractivity contribution in [1.82, 2.24) is 19.9 Å². The monoisotopic (exact) mass is 330 g/mol. The van der Waals surface area contributed by atoms with E-state index in [0.717, 1.165) is 51.7 Å². The molecule has 0 saturated carbocycles. The molecule has 2 aliphatic rings. The van der Waals surface area contributed by atoms with Crippen molar-refractivity contribution in [1.29, 1.82) is 0 Å². The van der Waals surface area contributed by atoms with Crippen molar-refractivity contribution in [2.75, 3.05) is 19.6 Å². The minimum atomic E-state index is -0.0594. The number of amides is 1. The van der Waals surface area contributed by atoms with Crippen LogP contribution in [0.5, 0.6) is 0 Å². The van der Waals surface area contributed by atoms with Crippen LogP contribution in [0, 0.1) is 0 Å². The van der Waals surface area contributed by atoms with Crippen molar-refractivity contribution in [2.45, 2.75) is 44.7 Å². The van der Waals surface area contributed by atoms with E-state index < -0.39 is 0 Å². The zero-order valence-corrected chi connectivity index (χ0v) is 13.7. The van der Waals surface area contributed by atoms with Crippen LogP contribution in [0.2, 0.25) is 0 Å². The Bertz CT molecular complexity index is 676. The fraction of sp³-hybridized carbons (Fsp3) is 0.588. The van der Waals surface area contributed by atoms with Gasteiger partial charge in [-0.1, -0.05) is 11.6 Å². The molecule has 0 bridgehead atoms. The summed E-state index contributed by atoms with van der Waals surface area (Å²) in [4.78, 5) is 21.4. The van der Waals surface area contributed by atoms with Crippen molar-refractivity contribution < 1.29 is 13.7 Å². The Morgan fingerprint density at radius 3 is 2.83 bits per heavy atom. The van der Waals surface area contributed by atoms with Gasteiger partial charge in [-0.25, -0.2) is 0 Å². The average Bonchev–Trinajstić information content (AvgIpc) is 3.36. The van der Waals surface area contributed by atoms with Crippen LogP contribution in [0.25, 0.3) is 11.6 Å². The van der Waals surface area contributed by atoms with Gasteiger partial charge in [-0.05, 0) is 44.4 Å². The van der Waals surface area contributed by atoms with E-state index in [1.807, 2.05) is 4.90 Å². The fourth-order valence-electron chi connectivity index (χ4n) is 3.61. The van der Waals surface area contributed by atoms with Crippen LogP contribution in [0.3, 0.4) is 0 Å². The first-order chi connectivity index (χ1) is 11.8. The second-order valence-corrected chi connectivity index (χ2v) is 6.50. The van der Waals surface area contributed by atoms with Gasteiger partial charge in [0, 0.05) is 13.1 Å². The van der Waals surface area contributed by atoms with Gasteiger partial charge in [0.2, 0.25) is 17.6 Å². The number of likely N-dealkylation sites (tertiary alicyclic amines) is 2. The first-order valence-electron chi connectivity index (χ1n) is 8.70. The predicted molar refractivity (Wildman–Crippen MR) is 85.9 cm³/mol. The summed E-state index contributed by atoms with van der Waals surface area (Å²) < 4.78 is 10.6. The normalized spacial score (nSPS) is 22.2. The van der Waals surface area contributed by atoms with Crippen molar-refractivity contribution >= 4 is 5.91 Å². The average molecular weight is 330 g/mol. The maximum absolute atomic E-state index is 12.8. The predicted octanol–water partition coefficient (Wildman–Crippen LogP) is 2.31. The summed E-state index contributed by atoms with van der Waals surface area (Å²) in [6.07, 6.45) is 6.93. The van der Waals surface area contributed by atoms with Crippen LogP contribution in [0.15, 0.2) is 27.3 Å². The van der Waals surface area contributed by atoms with Crippen LogP contribution in [-0.2, 0) is 11.3 Å². The number of furan rings is 1. The molecule has 1 amide bonds. The molecule has 0 radical (unpaired) electrons. The van der Waals surface area contributed by atoms with E-state index in [9.17, 15) is 4.79 Å². The van der Waals surface area contributed by atoms with E-state index in [4.69, 9.17) is 8.94 Å². The van der Waals surface area contributed by atoms with Gasteiger partial charge in [0.1, 0.15) is 0 Å². The van der Waals surface area contributed by atoms with Crippen LogP contribution in [0.4, 0.5) is 0 Å². The summed E-state index contributed by atoms with van der Waals surface area (Å²) in [5.74, 6) is 1.84. The molecule has 7 nitrogen and oxygen atoms in total. The highest BCUT2D eigenvalue weighted by Gasteiger charge is 2.33. The zero-order valence-electron chi connectivity index (χ0n) is 13.7. The quantitative estimate of drug-likeness (QED) is 0.856. The van der Waals surface area contributed by atoms with Gasteiger partial charge < -0.3 is 13.8 Å². The molecular formula is C17H22N4O3. The lowest BCUT2D eigenvalue weighted by Gasteiger charge is -2.35. The van der Waals surface area contributed by atoms with Crippen molar-refractivity contribution in [3.8, 4) is 11.6 Å². The van der Waals surface area contributed by atoms with Crippen molar-refractivity contribution in [3.05, 3.63) is 24.3 Å². The molecule has 4 heterocycles. The summed E-state index contributed by atoms with van der Waals surface area (Å²) in [6, 6.07) is 3.53. The minimum Gasteiger partial charge on any atom is -0.461 e. The van der Waals surface area contributed by atoms with Crippen LogP contribution < -0.4 is 0 Å². The van der Waals surface area contributed by atoms with Gasteiger partial charge in [-0.2, -0.15) is 4.98 Å². The number of aromatic nitrogens is 2.